The Labute approximate surface area is 107 Å². The number of amides is 1. The highest BCUT2D eigenvalue weighted by Gasteiger charge is 2.15. The molecule has 16 heavy (non-hydrogen) atoms. The zero-order valence-corrected chi connectivity index (χ0v) is 11.3. The highest BCUT2D eigenvalue weighted by atomic mass is 127. The van der Waals surface area contributed by atoms with E-state index < -0.39 is 10.2 Å². The third-order valence-electron chi connectivity index (χ3n) is 1.84. The molecule has 1 amide bonds. The second-order valence-electron chi connectivity index (χ2n) is 3.10. The van der Waals surface area contributed by atoms with Crippen molar-refractivity contribution in [1.29, 1.82) is 0 Å². The minimum Gasteiger partial charge on any atom is -0.325 e. The summed E-state index contributed by atoms with van der Waals surface area (Å²) in [7, 11) is -4.70. The summed E-state index contributed by atoms with van der Waals surface area (Å²) < 4.78 is 34.4. The van der Waals surface area contributed by atoms with Gasteiger partial charge >= 0.3 is 10.2 Å². The molecule has 0 saturated heterocycles. The number of nitrogens with one attached hydrogen (secondary N) is 1. The molecule has 0 heterocycles. The lowest BCUT2D eigenvalue weighted by molar-refractivity contribution is -0.113. The summed E-state index contributed by atoms with van der Waals surface area (Å²) in [5.74, 6) is -0.198. The van der Waals surface area contributed by atoms with Crippen LogP contribution in [0.15, 0.2) is 23.1 Å². The first-order valence-electron chi connectivity index (χ1n) is 4.25. The molecule has 1 rings (SSSR count). The molecule has 0 aliphatic heterocycles. The van der Waals surface area contributed by atoms with Crippen LogP contribution in [0.2, 0.25) is 0 Å². The van der Waals surface area contributed by atoms with E-state index in [9.17, 15) is 17.1 Å². The average Bonchev–Trinajstić information content (AvgIpc) is 2.15. The molecule has 7 heteroatoms. The van der Waals surface area contributed by atoms with Crippen molar-refractivity contribution in [3.8, 4) is 0 Å². The Bertz CT molecular complexity index is 515. The van der Waals surface area contributed by atoms with Crippen molar-refractivity contribution < 1.29 is 17.1 Å². The van der Waals surface area contributed by atoms with E-state index in [1.54, 1.807) is 0 Å². The number of aryl methyl sites for hydroxylation is 1. The van der Waals surface area contributed by atoms with Crippen LogP contribution in [0.1, 0.15) is 5.56 Å². The SMILES string of the molecule is Cc1cc(NC(=O)CI)ccc1S(=O)(=O)F. The lowest BCUT2D eigenvalue weighted by Crippen LogP contribution is -2.12. The van der Waals surface area contributed by atoms with Gasteiger partial charge in [0.25, 0.3) is 0 Å². The maximum Gasteiger partial charge on any atom is 0.332 e. The number of benzene rings is 1. The molecule has 0 fully saturated rings. The van der Waals surface area contributed by atoms with Crippen molar-refractivity contribution in [2.75, 3.05) is 9.74 Å². The summed E-state index contributed by atoms with van der Waals surface area (Å²) in [5, 5.41) is 2.55. The van der Waals surface area contributed by atoms with Gasteiger partial charge in [0.15, 0.2) is 0 Å². The number of halogens is 2. The Morgan fingerprint density at radius 1 is 1.50 bits per heavy atom. The Kier molecular flexibility index (Phi) is 4.25. The summed E-state index contributed by atoms with van der Waals surface area (Å²) in [6, 6.07) is 3.90. The second kappa shape index (κ2) is 5.09. The Hall–Kier alpha value is -0.700. The van der Waals surface area contributed by atoms with E-state index >= 15 is 0 Å². The molecular formula is C9H9FINO3S. The molecule has 4 nitrogen and oxygen atoms in total. The molecule has 1 aromatic rings. The van der Waals surface area contributed by atoms with E-state index in [0.29, 0.717) is 10.1 Å². The van der Waals surface area contributed by atoms with Crippen molar-refractivity contribution in [2.45, 2.75) is 11.8 Å². The lowest BCUT2D eigenvalue weighted by atomic mass is 10.2. The van der Waals surface area contributed by atoms with E-state index in [1.165, 1.54) is 19.1 Å². The van der Waals surface area contributed by atoms with Crippen molar-refractivity contribution in [3.05, 3.63) is 23.8 Å². The minimum absolute atomic E-state index is 0.198. The minimum atomic E-state index is -4.70. The van der Waals surface area contributed by atoms with Gasteiger partial charge in [0.2, 0.25) is 5.91 Å². The van der Waals surface area contributed by atoms with Gasteiger partial charge in [0, 0.05) is 5.69 Å². The molecule has 0 aliphatic carbocycles. The number of carbonyl (C=O) groups is 1. The number of anilines is 1. The van der Waals surface area contributed by atoms with Crippen LogP contribution in [0, 0.1) is 6.92 Å². The quantitative estimate of drug-likeness (QED) is 0.512. The zero-order valence-electron chi connectivity index (χ0n) is 8.33. The fraction of sp³-hybridized carbons (Fsp3) is 0.222. The zero-order chi connectivity index (χ0) is 12.3. The maximum absolute atomic E-state index is 12.7. The number of hydrogen-bond donors (Lipinski definition) is 1. The van der Waals surface area contributed by atoms with Crippen LogP contribution < -0.4 is 5.32 Å². The third kappa shape index (κ3) is 3.41. The molecule has 0 saturated carbocycles. The predicted molar refractivity (Wildman–Crippen MR) is 67.0 cm³/mol. The largest absolute Gasteiger partial charge is 0.332 e. The first-order chi connectivity index (χ1) is 7.34. The maximum atomic E-state index is 12.7. The molecule has 0 unspecified atom stereocenters. The van der Waals surface area contributed by atoms with Crippen molar-refractivity contribution in [1.82, 2.24) is 0 Å². The van der Waals surface area contributed by atoms with Gasteiger partial charge in [-0.25, -0.2) is 0 Å². The summed E-state index contributed by atoms with van der Waals surface area (Å²) in [4.78, 5) is 10.7. The van der Waals surface area contributed by atoms with E-state index in [0.717, 1.165) is 6.07 Å². The molecule has 88 valence electrons. The molecule has 0 aromatic heterocycles. The molecule has 1 N–H and O–H groups in total. The number of alkyl halides is 1. The molecule has 0 bridgehead atoms. The lowest BCUT2D eigenvalue weighted by Gasteiger charge is -2.06. The van der Waals surface area contributed by atoms with Crippen LogP contribution in [0.5, 0.6) is 0 Å². The Balaban J connectivity index is 3.05. The second-order valence-corrected chi connectivity index (χ2v) is 5.18. The number of rotatable bonds is 3. The number of carbonyl (C=O) groups excluding carboxylic acids is 1. The highest BCUT2D eigenvalue weighted by molar-refractivity contribution is 14.1. The summed E-state index contributed by atoms with van der Waals surface area (Å²) in [6.07, 6.45) is 0. The summed E-state index contributed by atoms with van der Waals surface area (Å²) >= 11 is 1.90. The Morgan fingerprint density at radius 3 is 2.56 bits per heavy atom. The monoisotopic (exact) mass is 357 g/mol. The fourth-order valence-electron chi connectivity index (χ4n) is 1.20. The predicted octanol–water partition coefficient (Wildman–Crippen LogP) is 2.03. The van der Waals surface area contributed by atoms with E-state index in [4.69, 9.17) is 0 Å². The molecule has 0 aliphatic rings. The summed E-state index contributed by atoms with van der Waals surface area (Å²) in [5.41, 5.74) is 0.709. The van der Waals surface area contributed by atoms with Gasteiger partial charge in [-0.15, -0.1) is 3.89 Å². The van der Waals surface area contributed by atoms with Gasteiger partial charge in [0.1, 0.15) is 4.90 Å². The standard InChI is InChI=1S/C9H9FINO3S/c1-6-4-7(12-9(13)5-11)2-3-8(6)16(10,14)15/h2-4H,5H2,1H3,(H,12,13). The van der Waals surface area contributed by atoms with Gasteiger partial charge in [0.05, 0.1) is 4.43 Å². The van der Waals surface area contributed by atoms with Crippen molar-refractivity contribution in [2.24, 2.45) is 0 Å². The van der Waals surface area contributed by atoms with Crippen LogP contribution in [-0.2, 0) is 15.0 Å². The van der Waals surface area contributed by atoms with E-state index in [1.807, 2.05) is 22.6 Å². The molecule has 0 atom stereocenters. The van der Waals surface area contributed by atoms with Crippen LogP contribution >= 0.6 is 22.6 Å². The van der Waals surface area contributed by atoms with Gasteiger partial charge in [-0.1, -0.05) is 22.6 Å². The van der Waals surface area contributed by atoms with E-state index in [-0.39, 0.29) is 16.4 Å². The van der Waals surface area contributed by atoms with E-state index in [2.05, 4.69) is 5.32 Å². The molecular weight excluding hydrogens is 348 g/mol. The number of hydrogen-bond acceptors (Lipinski definition) is 3. The van der Waals surface area contributed by atoms with Crippen LogP contribution in [-0.4, -0.2) is 18.8 Å². The highest BCUT2D eigenvalue weighted by Crippen LogP contribution is 2.21. The normalized spacial score (nSPS) is 11.2. The molecule has 0 radical (unpaired) electrons. The van der Waals surface area contributed by atoms with Gasteiger partial charge in [-0.05, 0) is 30.7 Å². The van der Waals surface area contributed by atoms with Gasteiger partial charge in [-0.3, -0.25) is 4.79 Å². The van der Waals surface area contributed by atoms with Gasteiger partial charge in [-0.2, -0.15) is 8.42 Å². The van der Waals surface area contributed by atoms with Crippen LogP contribution in [0.3, 0.4) is 0 Å². The smallest absolute Gasteiger partial charge is 0.325 e. The van der Waals surface area contributed by atoms with Crippen LogP contribution in [0.25, 0.3) is 0 Å². The first-order valence-corrected chi connectivity index (χ1v) is 7.16. The van der Waals surface area contributed by atoms with Crippen molar-refractivity contribution in [3.63, 3.8) is 0 Å². The van der Waals surface area contributed by atoms with Crippen molar-refractivity contribution >= 4 is 44.4 Å². The fourth-order valence-corrected chi connectivity index (χ4v) is 2.06. The van der Waals surface area contributed by atoms with Crippen LogP contribution in [0.4, 0.5) is 9.57 Å². The topological polar surface area (TPSA) is 63.2 Å². The third-order valence-corrected chi connectivity index (χ3v) is 3.52. The first kappa shape index (κ1) is 13.4. The summed E-state index contributed by atoms with van der Waals surface area (Å²) in [6.45, 7) is 1.46. The average molecular weight is 357 g/mol. The molecule has 0 spiro atoms. The molecule has 1 aromatic carbocycles. The Morgan fingerprint density at radius 2 is 2.12 bits per heavy atom. The van der Waals surface area contributed by atoms with Gasteiger partial charge < -0.3 is 5.32 Å².